The van der Waals surface area contributed by atoms with Crippen LogP contribution in [-0.2, 0) is 21.9 Å². The number of thiazole rings is 1. The van der Waals surface area contributed by atoms with Crippen molar-refractivity contribution in [2.24, 2.45) is 13.0 Å². The molecule has 0 unspecified atom stereocenters. The van der Waals surface area contributed by atoms with E-state index in [1.807, 2.05) is 0 Å². The molecule has 0 aliphatic carbocycles. The molecule has 1 aliphatic rings. The number of benzene rings is 2. The van der Waals surface area contributed by atoms with E-state index in [0.717, 1.165) is 11.3 Å². The maximum Gasteiger partial charge on any atom is 0.307 e. The van der Waals surface area contributed by atoms with Gasteiger partial charge >= 0.3 is 4.87 Å². The third-order valence-electron chi connectivity index (χ3n) is 5.32. The van der Waals surface area contributed by atoms with E-state index in [0.29, 0.717) is 33.8 Å². The Morgan fingerprint density at radius 3 is 2.60 bits per heavy atom. The summed E-state index contributed by atoms with van der Waals surface area (Å²) in [6, 6.07) is 11.7. The predicted octanol–water partition coefficient (Wildman–Crippen LogP) is 3.29. The van der Waals surface area contributed by atoms with Crippen LogP contribution >= 0.6 is 22.9 Å². The molecule has 0 bridgehead atoms. The normalized spacial score (nSPS) is 16.1. The molecule has 1 amide bonds. The van der Waals surface area contributed by atoms with Gasteiger partial charge in [0.05, 0.1) is 15.1 Å². The number of hydrogen-bond donors (Lipinski definition) is 1. The second kappa shape index (κ2) is 8.14. The molecule has 0 radical (unpaired) electrons. The van der Waals surface area contributed by atoms with Crippen LogP contribution < -0.4 is 10.2 Å². The van der Waals surface area contributed by atoms with Gasteiger partial charge in [0.2, 0.25) is 15.9 Å². The molecule has 0 saturated carbocycles. The summed E-state index contributed by atoms with van der Waals surface area (Å²) in [6.07, 6.45) is 0.874. The molecule has 2 aromatic carbocycles. The summed E-state index contributed by atoms with van der Waals surface area (Å²) >= 11 is 6.97. The van der Waals surface area contributed by atoms with Crippen molar-refractivity contribution in [3.8, 4) is 0 Å². The van der Waals surface area contributed by atoms with Crippen molar-refractivity contribution >= 4 is 54.8 Å². The number of amides is 1. The lowest BCUT2D eigenvalue weighted by Crippen LogP contribution is -2.41. The molecule has 1 aromatic heterocycles. The second-order valence-corrected chi connectivity index (χ2v) is 10.6. The largest absolute Gasteiger partial charge is 0.326 e. The van der Waals surface area contributed by atoms with Crippen LogP contribution in [-0.4, -0.2) is 36.3 Å². The molecule has 1 fully saturated rings. The second-order valence-electron chi connectivity index (χ2n) is 7.23. The van der Waals surface area contributed by atoms with E-state index >= 15 is 0 Å². The minimum absolute atomic E-state index is 0.133. The molecule has 10 heteroatoms. The SMILES string of the molecule is Cn1c(=O)sc2cc(S(=O)(=O)N3CCC(C(=O)Nc4cccc(Cl)c4)CC3)ccc21. The standard InChI is InChI=1S/C20H20ClN3O4S2/c1-23-17-6-5-16(12-18(17)29-20(23)26)30(27,28)24-9-7-13(8-10-24)19(25)22-15-4-2-3-14(21)11-15/h2-6,11-13H,7-10H2,1H3,(H,22,25). The van der Waals surface area contributed by atoms with E-state index in [-0.39, 0.29) is 34.7 Å². The number of fused-ring (bicyclic) bond motifs is 1. The quantitative estimate of drug-likeness (QED) is 0.640. The number of halogens is 1. The minimum Gasteiger partial charge on any atom is -0.326 e. The molecule has 0 atom stereocenters. The summed E-state index contributed by atoms with van der Waals surface area (Å²) in [5.41, 5.74) is 1.33. The Balaban J connectivity index is 1.45. The van der Waals surface area contributed by atoms with E-state index in [1.165, 1.54) is 14.9 Å². The number of carbonyl (C=O) groups is 1. The number of anilines is 1. The number of aromatic nitrogens is 1. The Hall–Kier alpha value is -2.20. The van der Waals surface area contributed by atoms with Crippen LogP contribution in [0.5, 0.6) is 0 Å². The molecule has 7 nitrogen and oxygen atoms in total. The maximum absolute atomic E-state index is 13.1. The van der Waals surface area contributed by atoms with Crippen LogP contribution in [0.15, 0.2) is 52.2 Å². The summed E-state index contributed by atoms with van der Waals surface area (Å²) < 4.78 is 29.7. The number of carbonyl (C=O) groups excluding carboxylic acids is 1. The topological polar surface area (TPSA) is 88.5 Å². The number of aryl methyl sites for hydroxylation is 1. The van der Waals surface area contributed by atoms with Crippen molar-refractivity contribution in [1.82, 2.24) is 8.87 Å². The number of sulfonamides is 1. The van der Waals surface area contributed by atoms with E-state index in [9.17, 15) is 18.0 Å². The molecule has 30 heavy (non-hydrogen) atoms. The smallest absolute Gasteiger partial charge is 0.307 e. The van der Waals surface area contributed by atoms with Crippen LogP contribution in [0.4, 0.5) is 5.69 Å². The van der Waals surface area contributed by atoms with Gasteiger partial charge in [-0.1, -0.05) is 29.0 Å². The average molecular weight is 466 g/mol. The lowest BCUT2D eigenvalue weighted by molar-refractivity contribution is -0.120. The zero-order valence-electron chi connectivity index (χ0n) is 16.2. The molecule has 3 aromatic rings. The third kappa shape index (κ3) is 4.02. The number of rotatable bonds is 4. The maximum atomic E-state index is 13.1. The number of nitrogens with zero attached hydrogens (tertiary/aromatic N) is 2. The van der Waals surface area contributed by atoms with Gasteiger partial charge in [-0.15, -0.1) is 0 Å². The fourth-order valence-electron chi connectivity index (χ4n) is 3.59. The average Bonchev–Trinajstić information content (AvgIpc) is 3.01. The van der Waals surface area contributed by atoms with Crippen LogP contribution in [0.1, 0.15) is 12.8 Å². The lowest BCUT2D eigenvalue weighted by Gasteiger charge is -2.30. The summed E-state index contributed by atoms with van der Waals surface area (Å²) in [6.45, 7) is 0.526. The Morgan fingerprint density at radius 2 is 1.90 bits per heavy atom. The molecule has 1 saturated heterocycles. The first-order valence-corrected chi connectivity index (χ1v) is 12.1. The van der Waals surface area contributed by atoms with Gasteiger partial charge in [0, 0.05) is 36.8 Å². The lowest BCUT2D eigenvalue weighted by atomic mass is 9.97. The molecule has 1 N–H and O–H groups in total. The summed E-state index contributed by atoms with van der Waals surface area (Å²) in [5, 5.41) is 3.38. The molecular weight excluding hydrogens is 446 g/mol. The van der Waals surface area contributed by atoms with Gasteiger partial charge in [-0.25, -0.2) is 8.42 Å². The minimum atomic E-state index is -3.69. The molecule has 158 valence electrons. The van der Waals surface area contributed by atoms with Crippen LogP contribution in [0.3, 0.4) is 0 Å². The monoisotopic (exact) mass is 465 g/mol. The van der Waals surface area contributed by atoms with Gasteiger partial charge in [0.15, 0.2) is 0 Å². The van der Waals surface area contributed by atoms with E-state index in [1.54, 1.807) is 43.4 Å². The van der Waals surface area contributed by atoms with Crippen molar-refractivity contribution in [2.75, 3.05) is 18.4 Å². The highest BCUT2D eigenvalue weighted by Crippen LogP contribution is 2.28. The zero-order valence-corrected chi connectivity index (χ0v) is 18.6. The van der Waals surface area contributed by atoms with Crippen molar-refractivity contribution in [3.63, 3.8) is 0 Å². The first-order valence-electron chi connectivity index (χ1n) is 9.42. The van der Waals surface area contributed by atoms with Crippen LogP contribution in [0, 0.1) is 5.92 Å². The number of nitrogens with one attached hydrogen (secondary N) is 1. The van der Waals surface area contributed by atoms with Gasteiger partial charge in [-0.2, -0.15) is 4.31 Å². The molecule has 2 heterocycles. The fraction of sp³-hybridized carbons (Fsp3) is 0.300. The number of hydrogen-bond acceptors (Lipinski definition) is 5. The number of piperidine rings is 1. The highest BCUT2D eigenvalue weighted by atomic mass is 35.5. The van der Waals surface area contributed by atoms with Gasteiger partial charge in [-0.05, 0) is 49.2 Å². The first-order chi connectivity index (χ1) is 14.3. The summed E-state index contributed by atoms with van der Waals surface area (Å²) in [4.78, 5) is 24.4. The van der Waals surface area contributed by atoms with Crippen molar-refractivity contribution in [1.29, 1.82) is 0 Å². The Kier molecular flexibility index (Phi) is 5.71. The Labute approximate surface area is 182 Å². The summed E-state index contributed by atoms with van der Waals surface area (Å²) in [7, 11) is -2.03. The van der Waals surface area contributed by atoms with Crippen LogP contribution in [0.25, 0.3) is 10.2 Å². The zero-order chi connectivity index (χ0) is 21.5. The van der Waals surface area contributed by atoms with E-state index < -0.39 is 10.0 Å². The Bertz CT molecular complexity index is 1270. The van der Waals surface area contributed by atoms with Gasteiger partial charge in [0.25, 0.3) is 0 Å². The highest BCUT2D eigenvalue weighted by molar-refractivity contribution is 7.89. The summed E-state index contributed by atoms with van der Waals surface area (Å²) in [5.74, 6) is -0.401. The van der Waals surface area contributed by atoms with E-state index in [4.69, 9.17) is 11.6 Å². The molecule has 1 aliphatic heterocycles. The van der Waals surface area contributed by atoms with Gasteiger partial charge in [-0.3, -0.25) is 9.59 Å². The predicted molar refractivity (Wildman–Crippen MR) is 119 cm³/mol. The first kappa shape index (κ1) is 21.0. The van der Waals surface area contributed by atoms with Gasteiger partial charge in [0.1, 0.15) is 0 Å². The van der Waals surface area contributed by atoms with E-state index in [2.05, 4.69) is 5.32 Å². The molecular formula is C20H20ClN3O4S2. The Morgan fingerprint density at radius 1 is 1.17 bits per heavy atom. The van der Waals surface area contributed by atoms with Crippen molar-refractivity contribution < 1.29 is 13.2 Å². The third-order valence-corrected chi connectivity index (χ3v) is 8.44. The van der Waals surface area contributed by atoms with Crippen molar-refractivity contribution in [2.45, 2.75) is 17.7 Å². The fourth-order valence-corrected chi connectivity index (χ4v) is 6.27. The molecule has 0 spiro atoms. The molecule has 4 rings (SSSR count). The highest BCUT2D eigenvalue weighted by Gasteiger charge is 2.32. The van der Waals surface area contributed by atoms with Crippen LogP contribution in [0.2, 0.25) is 5.02 Å². The van der Waals surface area contributed by atoms with Gasteiger partial charge < -0.3 is 9.88 Å². The van der Waals surface area contributed by atoms with Crippen molar-refractivity contribution in [3.05, 3.63) is 57.2 Å².